The molecule has 1 aromatic heterocycles. The van der Waals surface area contributed by atoms with Gasteiger partial charge in [0.15, 0.2) is 0 Å². The average Bonchev–Trinajstić information content (AvgIpc) is 2.80. The highest BCUT2D eigenvalue weighted by atomic mass is 16.3. The summed E-state index contributed by atoms with van der Waals surface area (Å²) >= 11 is 0. The van der Waals surface area contributed by atoms with E-state index in [9.17, 15) is 9.90 Å². The van der Waals surface area contributed by atoms with Crippen LogP contribution in [0.3, 0.4) is 0 Å². The van der Waals surface area contributed by atoms with E-state index in [4.69, 9.17) is 4.98 Å². The topological polar surface area (TPSA) is 58.4 Å². The zero-order valence-corrected chi connectivity index (χ0v) is 18.3. The molecule has 32 heavy (non-hydrogen) atoms. The highest BCUT2D eigenvalue weighted by molar-refractivity contribution is 5.35. The van der Waals surface area contributed by atoms with Gasteiger partial charge in [-0.05, 0) is 23.6 Å². The molecular formula is C27H27N3O2. The number of aromatic nitrogens is 2. The summed E-state index contributed by atoms with van der Waals surface area (Å²) in [6.45, 7) is 4.28. The zero-order valence-electron chi connectivity index (χ0n) is 18.3. The molecule has 0 bridgehead atoms. The Hall–Kier alpha value is -3.24. The van der Waals surface area contributed by atoms with Crippen LogP contribution in [0.5, 0.6) is 0 Å². The number of benzene rings is 2. The SMILES string of the molecule is Cc1nc2c(c(=O)n1C(c1ccccc1)c1ccccc1)CN(CC1=C=C(CO)C1)CC2. The Morgan fingerprint density at radius 2 is 1.66 bits per heavy atom. The van der Waals surface area contributed by atoms with Crippen LogP contribution in [0, 0.1) is 6.92 Å². The van der Waals surface area contributed by atoms with Crippen LogP contribution < -0.4 is 5.56 Å². The number of rotatable bonds is 6. The van der Waals surface area contributed by atoms with Crippen LogP contribution in [-0.4, -0.2) is 39.3 Å². The number of aryl methyl sites for hydroxylation is 1. The standard InChI is InChI=1S/C27H27N3O2/c1-19-28-25-12-13-29(16-20-14-21(15-20)18-31)17-24(25)27(32)30(19)26(22-8-4-2-5-9-22)23-10-6-3-7-11-23/h2-11,26,31H,12-14,16-18H2,1H3. The Morgan fingerprint density at radius 1 is 1.03 bits per heavy atom. The predicted octanol–water partition coefficient (Wildman–Crippen LogP) is 3.40. The zero-order chi connectivity index (χ0) is 22.1. The van der Waals surface area contributed by atoms with Crippen molar-refractivity contribution in [3.05, 3.63) is 116 Å². The molecule has 1 N–H and O–H groups in total. The van der Waals surface area contributed by atoms with Crippen molar-refractivity contribution >= 4 is 0 Å². The van der Waals surface area contributed by atoms with E-state index >= 15 is 0 Å². The number of hydrogen-bond donors (Lipinski definition) is 1. The maximum Gasteiger partial charge on any atom is 0.259 e. The molecule has 5 rings (SSSR count). The van der Waals surface area contributed by atoms with Crippen LogP contribution in [-0.2, 0) is 13.0 Å². The van der Waals surface area contributed by atoms with Gasteiger partial charge < -0.3 is 5.11 Å². The van der Waals surface area contributed by atoms with Crippen LogP contribution in [0.15, 0.2) is 82.3 Å². The fourth-order valence-corrected chi connectivity index (χ4v) is 4.82. The number of nitrogens with zero attached hydrogens (tertiary/aromatic N) is 3. The van der Waals surface area contributed by atoms with Crippen molar-refractivity contribution in [3.8, 4) is 0 Å². The van der Waals surface area contributed by atoms with E-state index in [2.05, 4.69) is 34.9 Å². The highest BCUT2D eigenvalue weighted by Crippen LogP contribution is 2.28. The van der Waals surface area contributed by atoms with Gasteiger partial charge in [-0.1, -0.05) is 60.7 Å². The van der Waals surface area contributed by atoms with Gasteiger partial charge in [0.1, 0.15) is 5.82 Å². The molecule has 2 aliphatic rings. The molecule has 0 spiro atoms. The van der Waals surface area contributed by atoms with E-state index in [0.29, 0.717) is 6.54 Å². The van der Waals surface area contributed by atoms with E-state index < -0.39 is 0 Å². The molecule has 5 nitrogen and oxygen atoms in total. The quantitative estimate of drug-likeness (QED) is 0.615. The number of aliphatic hydroxyl groups is 1. The first-order valence-electron chi connectivity index (χ1n) is 11.1. The largest absolute Gasteiger partial charge is 0.391 e. The minimum atomic E-state index is -0.220. The van der Waals surface area contributed by atoms with Gasteiger partial charge in [-0.3, -0.25) is 14.3 Å². The van der Waals surface area contributed by atoms with E-state index in [-0.39, 0.29) is 18.2 Å². The summed E-state index contributed by atoms with van der Waals surface area (Å²) in [6, 6.07) is 20.1. The Balaban J connectivity index is 1.56. The van der Waals surface area contributed by atoms with Gasteiger partial charge in [-0.2, -0.15) is 0 Å². The molecule has 0 saturated carbocycles. The first kappa shape index (κ1) is 20.7. The molecule has 2 heterocycles. The third-order valence-corrected chi connectivity index (χ3v) is 6.39. The normalized spacial score (nSPS) is 15.7. The summed E-state index contributed by atoms with van der Waals surface area (Å²) in [5.41, 5.74) is 9.31. The number of aliphatic hydroxyl groups excluding tert-OH is 1. The maximum atomic E-state index is 13.9. The molecule has 0 saturated heterocycles. The van der Waals surface area contributed by atoms with Gasteiger partial charge in [-0.15, -0.1) is 5.73 Å². The Morgan fingerprint density at radius 3 is 2.25 bits per heavy atom. The molecule has 1 aliphatic carbocycles. The molecular weight excluding hydrogens is 398 g/mol. The van der Waals surface area contributed by atoms with Crippen LogP contribution in [0.2, 0.25) is 0 Å². The van der Waals surface area contributed by atoms with Crippen molar-refractivity contribution in [2.75, 3.05) is 19.7 Å². The summed E-state index contributed by atoms with van der Waals surface area (Å²) in [5, 5.41) is 9.19. The molecule has 162 valence electrons. The molecule has 5 heteroatoms. The summed E-state index contributed by atoms with van der Waals surface area (Å²) in [5.74, 6) is 0.747. The molecule has 0 unspecified atom stereocenters. The minimum Gasteiger partial charge on any atom is -0.391 e. The van der Waals surface area contributed by atoms with Crippen molar-refractivity contribution < 1.29 is 5.11 Å². The summed E-state index contributed by atoms with van der Waals surface area (Å²) < 4.78 is 1.86. The lowest BCUT2D eigenvalue weighted by Crippen LogP contribution is -2.41. The summed E-state index contributed by atoms with van der Waals surface area (Å²) in [6.07, 6.45) is 1.60. The Bertz CT molecular complexity index is 1220. The molecule has 0 atom stereocenters. The Labute approximate surface area is 188 Å². The molecule has 0 fully saturated rings. The molecule has 2 aromatic carbocycles. The second-order valence-corrected chi connectivity index (χ2v) is 8.61. The summed E-state index contributed by atoms with van der Waals surface area (Å²) in [7, 11) is 0. The predicted molar refractivity (Wildman–Crippen MR) is 125 cm³/mol. The first-order chi connectivity index (χ1) is 15.6. The fraction of sp³-hybridized carbons (Fsp3) is 0.296. The van der Waals surface area contributed by atoms with Crippen LogP contribution in [0.25, 0.3) is 0 Å². The van der Waals surface area contributed by atoms with Gasteiger partial charge in [0.25, 0.3) is 5.56 Å². The first-order valence-corrected chi connectivity index (χ1v) is 11.1. The second kappa shape index (κ2) is 8.71. The highest BCUT2D eigenvalue weighted by Gasteiger charge is 2.27. The third-order valence-electron chi connectivity index (χ3n) is 6.39. The van der Waals surface area contributed by atoms with Crippen molar-refractivity contribution in [1.29, 1.82) is 0 Å². The average molecular weight is 426 g/mol. The van der Waals surface area contributed by atoms with E-state index in [1.807, 2.05) is 47.9 Å². The van der Waals surface area contributed by atoms with Crippen molar-refractivity contribution in [2.45, 2.75) is 32.4 Å². The Kier molecular flexibility index (Phi) is 5.62. The minimum absolute atomic E-state index is 0.0454. The van der Waals surface area contributed by atoms with Crippen molar-refractivity contribution in [1.82, 2.24) is 14.5 Å². The third kappa shape index (κ3) is 3.87. The van der Waals surface area contributed by atoms with Crippen LogP contribution in [0.4, 0.5) is 0 Å². The lowest BCUT2D eigenvalue weighted by molar-refractivity contribution is 0.264. The molecule has 0 radical (unpaired) electrons. The second-order valence-electron chi connectivity index (χ2n) is 8.61. The van der Waals surface area contributed by atoms with E-state index in [0.717, 1.165) is 59.7 Å². The molecule has 0 amide bonds. The van der Waals surface area contributed by atoms with Gasteiger partial charge in [-0.25, -0.2) is 4.98 Å². The molecule has 3 aromatic rings. The van der Waals surface area contributed by atoms with Crippen molar-refractivity contribution in [3.63, 3.8) is 0 Å². The van der Waals surface area contributed by atoms with Gasteiger partial charge in [0.05, 0.1) is 23.9 Å². The molecule has 1 aliphatic heterocycles. The van der Waals surface area contributed by atoms with Gasteiger partial charge in [0, 0.05) is 38.0 Å². The summed E-state index contributed by atoms with van der Waals surface area (Å²) in [4.78, 5) is 21.1. The van der Waals surface area contributed by atoms with E-state index in [1.54, 1.807) is 0 Å². The van der Waals surface area contributed by atoms with Crippen LogP contribution >= 0.6 is 0 Å². The van der Waals surface area contributed by atoms with Gasteiger partial charge in [0.2, 0.25) is 0 Å². The monoisotopic (exact) mass is 425 g/mol. The van der Waals surface area contributed by atoms with E-state index in [1.165, 1.54) is 5.57 Å². The van der Waals surface area contributed by atoms with Gasteiger partial charge >= 0.3 is 0 Å². The smallest absolute Gasteiger partial charge is 0.259 e. The lowest BCUT2D eigenvalue weighted by Gasteiger charge is -2.31. The number of hydrogen-bond acceptors (Lipinski definition) is 4. The maximum absolute atomic E-state index is 13.9. The van der Waals surface area contributed by atoms with Crippen molar-refractivity contribution in [2.24, 2.45) is 0 Å². The lowest BCUT2D eigenvalue weighted by atomic mass is 9.96. The number of fused-ring (bicyclic) bond motifs is 1. The van der Waals surface area contributed by atoms with Crippen LogP contribution in [0.1, 0.15) is 40.7 Å². The fourth-order valence-electron chi connectivity index (χ4n) is 4.82.